The summed E-state index contributed by atoms with van der Waals surface area (Å²) in [5.74, 6) is 2.88. The number of ether oxygens (including phenoxy) is 1. The molecule has 4 heterocycles. The molecule has 9 nitrogen and oxygen atoms in total. The molecule has 0 radical (unpaired) electrons. The zero-order chi connectivity index (χ0) is 25.6. The molecule has 11 heteroatoms. The number of anilines is 2. The van der Waals surface area contributed by atoms with Gasteiger partial charge in [-0.25, -0.2) is 19.7 Å². The lowest BCUT2D eigenvalue weighted by atomic mass is 9.96. The molecule has 2 amide bonds. The normalized spacial score (nSPS) is 13.8. The number of pyridine rings is 2. The maximum atomic E-state index is 12.2. The summed E-state index contributed by atoms with van der Waals surface area (Å²) in [5, 5.41) is 4.83. The minimum absolute atomic E-state index is 0.0497. The van der Waals surface area contributed by atoms with Gasteiger partial charge in [-0.15, -0.1) is 0 Å². The van der Waals surface area contributed by atoms with Gasteiger partial charge in [0.1, 0.15) is 16.6 Å². The van der Waals surface area contributed by atoms with Crippen LogP contribution in [-0.2, 0) is 0 Å². The Balaban J connectivity index is 1.31. The zero-order valence-corrected chi connectivity index (χ0v) is 22.2. The highest BCUT2D eigenvalue weighted by Gasteiger charge is 2.27. The summed E-state index contributed by atoms with van der Waals surface area (Å²) in [5.41, 5.74) is 0. The first kappa shape index (κ1) is 25.0. The van der Waals surface area contributed by atoms with E-state index in [1.807, 2.05) is 59.5 Å². The number of piperidine rings is 1. The van der Waals surface area contributed by atoms with Crippen molar-refractivity contribution in [1.29, 1.82) is 0 Å². The Morgan fingerprint density at radius 2 is 1.89 bits per heavy atom. The highest BCUT2D eigenvalue weighted by Crippen LogP contribution is 2.36. The molecule has 5 rings (SSSR count). The number of para-hydroxylation sites is 1. The third kappa shape index (κ3) is 6.36. The van der Waals surface area contributed by atoms with Crippen molar-refractivity contribution in [2.45, 2.75) is 28.7 Å². The second kappa shape index (κ2) is 11.6. The number of aromatic nitrogens is 4. The third-order valence-corrected chi connectivity index (χ3v) is 7.39. The van der Waals surface area contributed by atoms with E-state index < -0.39 is 0 Å². The number of nitrogens with one attached hydrogen (secondary N) is 1. The maximum Gasteiger partial charge on any atom is 0.319 e. The quantitative estimate of drug-likeness (QED) is 0.315. The summed E-state index contributed by atoms with van der Waals surface area (Å²) in [6.07, 6.45) is 5.24. The second-order valence-electron chi connectivity index (χ2n) is 8.72. The third-order valence-electron chi connectivity index (χ3n) is 5.84. The van der Waals surface area contributed by atoms with Crippen LogP contribution in [0.5, 0.6) is 11.5 Å². The number of likely N-dealkylation sites (tertiary alicyclic amines) is 1. The lowest BCUT2D eigenvalue weighted by Crippen LogP contribution is -2.43. The van der Waals surface area contributed by atoms with Gasteiger partial charge in [0.05, 0.1) is 0 Å². The molecule has 4 aromatic rings. The smallest absolute Gasteiger partial charge is 0.319 e. The Morgan fingerprint density at radius 3 is 2.62 bits per heavy atom. The predicted molar refractivity (Wildman–Crippen MR) is 145 cm³/mol. The largest absolute Gasteiger partial charge is 0.453 e. The van der Waals surface area contributed by atoms with Gasteiger partial charge in [0.15, 0.2) is 11.6 Å². The van der Waals surface area contributed by atoms with E-state index in [2.05, 4.69) is 19.7 Å². The first-order valence-corrected chi connectivity index (χ1v) is 13.5. The summed E-state index contributed by atoms with van der Waals surface area (Å²) in [7, 11) is 3.56. The highest BCUT2D eigenvalue weighted by molar-refractivity contribution is 7.99. The van der Waals surface area contributed by atoms with E-state index in [4.69, 9.17) is 9.72 Å². The van der Waals surface area contributed by atoms with Crippen molar-refractivity contribution in [1.82, 2.24) is 29.1 Å². The summed E-state index contributed by atoms with van der Waals surface area (Å²) >= 11 is 2.82. The Hall–Kier alpha value is -3.70. The molecule has 1 aliphatic rings. The molecule has 1 aliphatic heterocycles. The standard InChI is InChI=1S/C26H27N7O2S2/c1-32(2)26(34)33-14-11-18(12-15-33)23-29-25(37-31-23)30-24-21(35-19-8-4-3-5-9-19)16-20(17-28-24)36-22-10-6-7-13-27-22/h3-10,13,16-18H,11-12,14-15H2,1-2H3,(H,28,29,30,31). The Bertz CT molecular complexity index is 1330. The molecule has 37 heavy (non-hydrogen) atoms. The molecule has 0 unspecified atom stereocenters. The van der Waals surface area contributed by atoms with Crippen molar-refractivity contribution in [2.75, 3.05) is 32.5 Å². The topological polar surface area (TPSA) is 96.4 Å². The SMILES string of the molecule is CN(C)C(=O)N1CCC(c2nsc(Nc3ncc(Sc4ccccn4)cc3Oc3ccccc3)n2)CC1. The van der Waals surface area contributed by atoms with Crippen LogP contribution < -0.4 is 10.1 Å². The lowest BCUT2D eigenvalue weighted by molar-refractivity contribution is 0.155. The number of rotatable bonds is 7. The van der Waals surface area contributed by atoms with E-state index in [9.17, 15) is 4.79 Å². The molecule has 0 saturated carbocycles. The molecule has 1 aromatic carbocycles. The van der Waals surface area contributed by atoms with Gasteiger partial charge in [0, 0.05) is 68.0 Å². The van der Waals surface area contributed by atoms with Crippen molar-refractivity contribution in [3.05, 3.63) is 72.8 Å². The van der Waals surface area contributed by atoms with E-state index in [0.717, 1.165) is 28.6 Å². The molecule has 1 saturated heterocycles. The highest BCUT2D eigenvalue weighted by atomic mass is 32.2. The number of amides is 2. The average molecular weight is 534 g/mol. The van der Waals surface area contributed by atoms with Crippen LogP contribution in [0.3, 0.4) is 0 Å². The summed E-state index contributed by atoms with van der Waals surface area (Å²) < 4.78 is 10.8. The van der Waals surface area contributed by atoms with E-state index in [0.29, 0.717) is 35.5 Å². The van der Waals surface area contributed by atoms with E-state index >= 15 is 0 Å². The van der Waals surface area contributed by atoms with Gasteiger partial charge in [-0.2, -0.15) is 4.37 Å². The number of urea groups is 1. The van der Waals surface area contributed by atoms with Crippen molar-refractivity contribution < 1.29 is 9.53 Å². The second-order valence-corrected chi connectivity index (χ2v) is 10.6. The van der Waals surface area contributed by atoms with Crippen molar-refractivity contribution in [2.24, 2.45) is 0 Å². The fourth-order valence-corrected chi connectivity index (χ4v) is 5.38. The van der Waals surface area contributed by atoms with Crippen LogP contribution in [0.25, 0.3) is 0 Å². The fourth-order valence-electron chi connectivity index (χ4n) is 3.96. The molecule has 1 fully saturated rings. The van der Waals surface area contributed by atoms with Gasteiger partial charge in [-0.05, 0) is 37.1 Å². The Kier molecular flexibility index (Phi) is 7.81. The molecule has 1 N–H and O–H groups in total. The molecule has 3 aromatic heterocycles. The van der Waals surface area contributed by atoms with Crippen LogP contribution >= 0.6 is 23.3 Å². The summed E-state index contributed by atoms with van der Waals surface area (Å²) in [6, 6.07) is 17.4. The molecule has 0 spiro atoms. The van der Waals surface area contributed by atoms with Gasteiger partial charge < -0.3 is 19.9 Å². The Labute approximate surface area is 224 Å². The molecule has 190 valence electrons. The Morgan fingerprint density at radius 1 is 1.11 bits per heavy atom. The predicted octanol–water partition coefficient (Wildman–Crippen LogP) is 5.88. The van der Waals surface area contributed by atoms with E-state index in [1.54, 1.807) is 31.4 Å². The van der Waals surface area contributed by atoms with E-state index in [-0.39, 0.29) is 11.9 Å². The average Bonchev–Trinajstić information content (AvgIpc) is 3.39. The lowest BCUT2D eigenvalue weighted by Gasteiger charge is -2.32. The van der Waals surface area contributed by atoms with Crippen molar-refractivity contribution in [3.8, 4) is 11.5 Å². The van der Waals surface area contributed by atoms with Crippen molar-refractivity contribution in [3.63, 3.8) is 0 Å². The number of hydrogen-bond donors (Lipinski definition) is 1. The zero-order valence-electron chi connectivity index (χ0n) is 20.6. The summed E-state index contributed by atoms with van der Waals surface area (Å²) in [6.45, 7) is 1.41. The number of benzene rings is 1. The van der Waals surface area contributed by atoms with Gasteiger partial charge in [0.2, 0.25) is 5.13 Å². The molecule has 0 bridgehead atoms. The van der Waals surface area contributed by atoms with Crippen LogP contribution in [0, 0.1) is 0 Å². The van der Waals surface area contributed by atoms with Crippen LogP contribution in [0.4, 0.5) is 15.7 Å². The van der Waals surface area contributed by atoms with E-state index in [1.165, 1.54) is 23.3 Å². The van der Waals surface area contributed by atoms with Gasteiger partial charge in [-0.1, -0.05) is 36.0 Å². The first-order valence-electron chi connectivity index (χ1n) is 11.9. The fraction of sp³-hybridized carbons (Fsp3) is 0.269. The van der Waals surface area contributed by atoms with Gasteiger partial charge in [-0.3, -0.25) is 0 Å². The number of carbonyl (C=O) groups is 1. The number of nitrogens with zero attached hydrogens (tertiary/aromatic N) is 6. The molecular weight excluding hydrogens is 506 g/mol. The first-order chi connectivity index (χ1) is 18.0. The number of hydrogen-bond acceptors (Lipinski definition) is 9. The summed E-state index contributed by atoms with van der Waals surface area (Å²) in [4.78, 5) is 30.4. The molecular formula is C26H27N7O2S2. The van der Waals surface area contributed by atoms with Crippen LogP contribution in [0.15, 0.2) is 76.9 Å². The van der Waals surface area contributed by atoms with Crippen molar-refractivity contribution >= 4 is 40.3 Å². The molecule has 0 aliphatic carbocycles. The molecule has 0 atom stereocenters. The maximum absolute atomic E-state index is 12.2. The van der Waals surface area contributed by atoms with Crippen LogP contribution in [0.2, 0.25) is 0 Å². The van der Waals surface area contributed by atoms with Crippen LogP contribution in [-0.4, -0.2) is 62.3 Å². The van der Waals surface area contributed by atoms with Crippen LogP contribution in [0.1, 0.15) is 24.6 Å². The van der Waals surface area contributed by atoms with Gasteiger partial charge >= 0.3 is 6.03 Å². The minimum atomic E-state index is 0.0497. The minimum Gasteiger partial charge on any atom is -0.453 e. The van der Waals surface area contributed by atoms with Gasteiger partial charge in [0.25, 0.3) is 0 Å². The number of carbonyl (C=O) groups excluding carboxylic acids is 1. The monoisotopic (exact) mass is 533 g/mol.